The molecule has 0 aliphatic heterocycles. The Bertz CT molecular complexity index is 507. The standard InChI is InChI=1S/C16H24FN3O2/c1-10(14-6-5-11(17)9-18-14)19-12-7-13(8-12)20-15(21)22-16(2,3)4/h5-6,9-10,12-13,19H,7-8H2,1-4H3,(H,20,21). The third-order valence-electron chi connectivity index (χ3n) is 3.54. The molecule has 2 rings (SSSR count). The van der Waals surface area contributed by atoms with E-state index in [0.29, 0.717) is 6.04 Å². The van der Waals surface area contributed by atoms with Crippen molar-refractivity contribution in [1.82, 2.24) is 15.6 Å². The molecule has 1 aromatic rings. The van der Waals surface area contributed by atoms with Crippen LogP contribution in [0.3, 0.4) is 0 Å². The first-order valence-corrected chi connectivity index (χ1v) is 7.60. The fourth-order valence-electron chi connectivity index (χ4n) is 2.43. The van der Waals surface area contributed by atoms with Crippen LogP contribution >= 0.6 is 0 Å². The summed E-state index contributed by atoms with van der Waals surface area (Å²) in [4.78, 5) is 15.7. The summed E-state index contributed by atoms with van der Waals surface area (Å²) in [5, 5.41) is 6.28. The monoisotopic (exact) mass is 309 g/mol. The molecular weight excluding hydrogens is 285 g/mol. The average molecular weight is 309 g/mol. The van der Waals surface area contributed by atoms with Crippen molar-refractivity contribution in [3.8, 4) is 0 Å². The minimum absolute atomic E-state index is 0.0491. The predicted molar refractivity (Wildman–Crippen MR) is 81.9 cm³/mol. The van der Waals surface area contributed by atoms with Gasteiger partial charge in [-0.05, 0) is 52.7 Å². The molecule has 6 heteroatoms. The lowest BCUT2D eigenvalue weighted by molar-refractivity contribution is 0.0463. The van der Waals surface area contributed by atoms with E-state index in [1.165, 1.54) is 12.3 Å². The third kappa shape index (κ3) is 4.94. The molecule has 1 aliphatic carbocycles. The van der Waals surface area contributed by atoms with Crippen molar-refractivity contribution in [2.45, 2.75) is 64.3 Å². The van der Waals surface area contributed by atoms with Gasteiger partial charge in [-0.3, -0.25) is 4.98 Å². The molecular formula is C16H24FN3O2. The van der Waals surface area contributed by atoms with Gasteiger partial charge in [0.25, 0.3) is 0 Å². The molecule has 2 N–H and O–H groups in total. The van der Waals surface area contributed by atoms with E-state index in [2.05, 4.69) is 15.6 Å². The number of carbonyl (C=O) groups excluding carboxylic acids is 1. The van der Waals surface area contributed by atoms with E-state index in [1.807, 2.05) is 27.7 Å². The van der Waals surface area contributed by atoms with Crippen molar-refractivity contribution in [2.24, 2.45) is 0 Å². The number of nitrogens with zero attached hydrogens (tertiary/aromatic N) is 1. The second-order valence-electron chi connectivity index (χ2n) is 6.80. The summed E-state index contributed by atoms with van der Waals surface area (Å²) < 4.78 is 18.1. The molecule has 0 radical (unpaired) electrons. The maximum atomic E-state index is 12.8. The fourth-order valence-corrected chi connectivity index (χ4v) is 2.43. The molecule has 1 unspecified atom stereocenters. The lowest BCUT2D eigenvalue weighted by Crippen LogP contribution is -2.53. The normalized spacial score (nSPS) is 22.6. The maximum Gasteiger partial charge on any atom is 0.407 e. The quantitative estimate of drug-likeness (QED) is 0.897. The number of carbonyl (C=O) groups is 1. The minimum atomic E-state index is -0.478. The Morgan fingerprint density at radius 2 is 2.05 bits per heavy atom. The molecule has 0 aromatic carbocycles. The highest BCUT2D eigenvalue weighted by Gasteiger charge is 2.32. The van der Waals surface area contributed by atoms with Gasteiger partial charge in [0.2, 0.25) is 0 Å². The van der Waals surface area contributed by atoms with E-state index in [1.54, 1.807) is 6.07 Å². The number of nitrogens with one attached hydrogen (secondary N) is 2. The molecule has 1 saturated carbocycles. The van der Waals surface area contributed by atoms with Crippen molar-refractivity contribution >= 4 is 6.09 Å². The zero-order valence-electron chi connectivity index (χ0n) is 13.5. The zero-order valence-corrected chi connectivity index (χ0v) is 13.5. The summed E-state index contributed by atoms with van der Waals surface area (Å²) in [6, 6.07) is 3.60. The van der Waals surface area contributed by atoms with Crippen LogP contribution in [0.25, 0.3) is 0 Å². The zero-order chi connectivity index (χ0) is 16.3. The number of halogens is 1. The highest BCUT2D eigenvalue weighted by Crippen LogP contribution is 2.23. The van der Waals surface area contributed by atoms with Gasteiger partial charge in [0.15, 0.2) is 0 Å². The smallest absolute Gasteiger partial charge is 0.407 e. The Balaban J connectivity index is 1.71. The molecule has 1 aromatic heterocycles. The van der Waals surface area contributed by atoms with Crippen LogP contribution in [0.4, 0.5) is 9.18 Å². The molecule has 1 amide bonds. The van der Waals surface area contributed by atoms with E-state index < -0.39 is 5.60 Å². The number of rotatable bonds is 4. The van der Waals surface area contributed by atoms with Gasteiger partial charge in [-0.1, -0.05) is 0 Å². The van der Waals surface area contributed by atoms with Crippen molar-refractivity contribution in [3.63, 3.8) is 0 Å². The van der Waals surface area contributed by atoms with Crippen molar-refractivity contribution in [3.05, 3.63) is 29.8 Å². The van der Waals surface area contributed by atoms with E-state index in [0.717, 1.165) is 18.5 Å². The highest BCUT2D eigenvalue weighted by molar-refractivity contribution is 5.68. The summed E-state index contributed by atoms with van der Waals surface area (Å²) >= 11 is 0. The first-order valence-electron chi connectivity index (χ1n) is 7.60. The number of alkyl carbamates (subject to hydrolysis) is 1. The van der Waals surface area contributed by atoms with E-state index in [9.17, 15) is 9.18 Å². The van der Waals surface area contributed by atoms with E-state index in [-0.39, 0.29) is 24.0 Å². The van der Waals surface area contributed by atoms with Gasteiger partial charge < -0.3 is 15.4 Å². The molecule has 122 valence electrons. The Labute approximate surface area is 130 Å². The minimum Gasteiger partial charge on any atom is -0.444 e. The third-order valence-corrected chi connectivity index (χ3v) is 3.54. The molecule has 1 fully saturated rings. The summed E-state index contributed by atoms with van der Waals surface area (Å²) in [7, 11) is 0. The average Bonchev–Trinajstić information content (AvgIpc) is 2.34. The first kappa shape index (κ1) is 16.7. The van der Waals surface area contributed by atoms with Crippen LogP contribution in [0.15, 0.2) is 18.3 Å². The number of hydrogen-bond donors (Lipinski definition) is 2. The summed E-state index contributed by atoms with van der Waals surface area (Å²) in [5.74, 6) is -0.332. The van der Waals surface area contributed by atoms with Gasteiger partial charge in [0, 0.05) is 18.1 Å². The van der Waals surface area contributed by atoms with Gasteiger partial charge in [-0.25, -0.2) is 9.18 Å². The molecule has 1 atom stereocenters. The first-order chi connectivity index (χ1) is 10.2. The van der Waals surface area contributed by atoms with Crippen molar-refractivity contribution in [1.29, 1.82) is 0 Å². The van der Waals surface area contributed by atoms with Gasteiger partial charge in [0.05, 0.1) is 11.9 Å². The van der Waals surface area contributed by atoms with E-state index >= 15 is 0 Å². The number of amides is 1. The second-order valence-corrected chi connectivity index (χ2v) is 6.80. The predicted octanol–water partition coefficient (Wildman–Crippen LogP) is 2.93. The largest absolute Gasteiger partial charge is 0.444 e. The summed E-state index contributed by atoms with van der Waals surface area (Å²) in [5.41, 5.74) is 0.332. The molecule has 1 heterocycles. The SMILES string of the molecule is CC(NC1CC(NC(=O)OC(C)(C)C)C1)c1ccc(F)cn1. The Kier molecular flexibility index (Phi) is 5.01. The van der Waals surface area contributed by atoms with Gasteiger partial charge in [0.1, 0.15) is 11.4 Å². The number of hydrogen-bond acceptors (Lipinski definition) is 4. The number of pyridine rings is 1. The van der Waals surface area contributed by atoms with Crippen LogP contribution in [0.2, 0.25) is 0 Å². The number of aromatic nitrogens is 1. The lowest BCUT2D eigenvalue weighted by Gasteiger charge is -2.38. The molecule has 5 nitrogen and oxygen atoms in total. The van der Waals surface area contributed by atoms with Crippen molar-refractivity contribution in [2.75, 3.05) is 0 Å². The maximum absolute atomic E-state index is 12.8. The van der Waals surface area contributed by atoms with Crippen LogP contribution in [0.1, 0.15) is 52.3 Å². The summed E-state index contributed by atoms with van der Waals surface area (Å²) in [6.07, 6.45) is 2.56. The van der Waals surface area contributed by atoms with Crippen LogP contribution in [-0.4, -0.2) is 28.8 Å². The topological polar surface area (TPSA) is 63.2 Å². The van der Waals surface area contributed by atoms with E-state index in [4.69, 9.17) is 4.74 Å². The molecule has 0 bridgehead atoms. The Morgan fingerprint density at radius 1 is 1.36 bits per heavy atom. The van der Waals surface area contributed by atoms with Gasteiger partial charge >= 0.3 is 6.09 Å². The van der Waals surface area contributed by atoms with Gasteiger partial charge in [-0.15, -0.1) is 0 Å². The van der Waals surface area contributed by atoms with Crippen molar-refractivity contribution < 1.29 is 13.9 Å². The van der Waals surface area contributed by atoms with Crippen LogP contribution in [0.5, 0.6) is 0 Å². The highest BCUT2D eigenvalue weighted by atomic mass is 19.1. The molecule has 0 spiro atoms. The Morgan fingerprint density at radius 3 is 2.59 bits per heavy atom. The number of ether oxygens (including phenoxy) is 1. The lowest BCUT2D eigenvalue weighted by atomic mass is 9.86. The molecule has 1 aliphatic rings. The fraction of sp³-hybridized carbons (Fsp3) is 0.625. The van der Waals surface area contributed by atoms with Crippen LogP contribution < -0.4 is 10.6 Å². The molecule has 22 heavy (non-hydrogen) atoms. The second kappa shape index (κ2) is 6.60. The molecule has 0 saturated heterocycles. The van der Waals surface area contributed by atoms with Gasteiger partial charge in [-0.2, -0.15) is 0 Å². The van der Waals surface area contributed by atoms with Crippen LogP contribution in [0, 0.1) is 5.82 Å². The Hall–Kier alpha value is -1.69. The summed E-state index contributed by atoms with van der Waals surface area (Å²) in [6.45, 7) is 7.52. The van der Waals surface area contributed by atoms with Crippen LogP contribution in [-0.2, 0) is 4.74 Å².